The second-order valence-corrected chi connectivity index (χ2v) is 6.19. The Bertz CT molecular complexity index is 1020. The Morgan fingerprint density at radius 3 is 2.03 bits per heavy atom. The van der Waals surface area contributed by atoms with E-state index in [1.54, 1.807) is 48.5 Å². The van der Waals surface area contributed by atoms with Crippen LogP contribution >= 0.6 is 0 Å². The molecule has 3 aromatic rings. The van der Waals surface area contributed by atoms with Crippen molar-refractivity contribution in [1.82, 2.24) is 10.6 Å². The third-order valence-electron chi connectivity index (χ3n) is 4.26. The summed E-state index contributed by atoms with van der Waals surface area (Å²) >= 11 is 0. The minimum absolute atomic E-state index is 0.489. The van der Waals surface area contributed by atoms with Crippen LogP contribution in [0.3, 0.4) is 0 Å². The predicted molar refractivity (Wildman–Crippen MR) is 109 cm³/mol. The van der Waals surface area contributed by atoms with Gasteiger partial charge in [-0.05, 0) is 35.4 Å². The molecule has 3 aromatic carbocycles. The van der Waals surface area contributed by atoms with E-state index >= 15 is 0 Å². The maximum Gasteiger partial charge on any atom is 0.321 e. The third kappa shape index (κ3) is 4.99. The van der Waals surface area contributed by atoms with Crippen molar-refractivity contribution in [2.24, 2.45) is 0 Å². The highest BCUT2D eigenvalue weighted by Gasteiger charge is 2.24. The number of nitrogens with one attached hydrogen (secondary N) is 2. The van der Waals surface area contributed by atoms with Crippen LogP contribution in [-0.2, 0) is 4.79 Å². The van der Waals surface area contributed by atoms with Crippen molar-refractivity contribution in [3.63, 3.8) is 0 Å². The minimum atomic E-state index is -0.978. The van der Waals surface area contributed by atoms with E-state index in [-0.39, 0.29) is 0 Å². The zero-order chi connectivity index (χ0) is 20.6. The van der Waals surface area contributed by atoms with Gasteiger partial charge in [0.05, 0.1) is 11.6 Å². The molecule has 3 amide bonds. The third-order valence-corrected chi connectivity index (χ3v) is 4.26. The van der Waals surface area contributed by atoms with Gasteiger partial charge in [-0.1, -0.05) is 54.6 Å². The molecule has 3 rings (SSSR count). The Kier molecular flexibility index (Phi) is 6.23. The van der Waals surface area contributed by atoms with Gasteiger partial charge in [-0.25, -0.2) is 4.79 Å². The molecule has 29 heavy (non-hydrogen) atoms. The number of hydrogen-bond donors (Lipinski definition) is 2. The summed E-state index contributed by atoms with van der Waals surface area (Å²) in [7, 11) is 1.43. The van der Waals surface area contributed by atoms with Crippen molar-refractivity contribution in [3.8, 4) is 22.9 Å². The molecule has 0 saturated carbocycles. The molecule has 6 heteroatoms. The number of urea groups is 1. The van der Waals surface area contributed by atoms with Crippen molar-refractivity contribution >= 4 is 11.9 Å². The van der Waals surface area contributed by atoms with Crippen LogP contribution in [-0.4, -0.2) is 19.0 Å². The molecule has 0 saturated heterocycles. The number of ether oxygens (including phenoxy) is 1. The number of amides is 3. The molecule has 144 valence electrons. The summed E-state index contributed by atoms with van der Waals surface area (Å²) in [6.07, 6.45) is -0.978. The second kappa shape index (κ2) is 9.20. The summed E-state index contributed by atoms with van der Waals surface area (Å²) in [4.78, 5) is 24.1. The molecule has 0 spiro atoms. The predicted octanol–water partition coefficient (Wildman–Crippen LogP) is 3.80. The monoisotopic (exact) mass is 385 g/mol. The molecule has 0 fully saturated rings. The number of rotatable bonds is 5. The average molecular weight is 385 g/mol. The van der Waals surface area contributed by atoms with Crippen LogP contribution in [0.25, 0.3) is 11.1 Å². The van der Waals surface area contributed by atoms with Crippen LogP contribution in [0.5, 0.6) is 5.75 Å². The van der Waals surface area contributed by atoms with Gasteiger partial charge in [-0.3, -0.25) is 10.1 Å². The maximum atomic E-state index is 12.5. The van der Waals surface area contributed by atoms with Crippen molar-refractivity contribution < 1.29 is 14.3 Å². The van der Waals surface area contributed by atoms with Crippen LogP contribution in [0.2, 0.25) is 0 Å². The van der Waals surface area contributed by atoms with E-state index in [4.69, 9.17) is 10.00 Å². The molecule has 0 aliphatic carbocycles. The van der Waals surface area contributed by atoms with E-state index in [9.17, 15) is 9.59 Å². The summed E-state index contributed by atoms with van der Waals surface area (Å²) in [5.41, 5.74) is 3.15. The van der Waals surface area contributed by atoms with Gasteiger partial charge in [-0.2, -0.15) is 5.26 Å². The average Bonchev–Trinajstić information content (AvgIpc) is 2.78. The van der Waals surface area contributed by atoms with Crippen LogP contribution in [0.1, 0.15) is 17.2 Å². The van der Waals surface area contributed by atoms with Crippen molar-refractivity contribution in [1.29, 1.82) is 5.26 Å². The highest BCUT2D eigenvalue weighted by Crippen LogP contribution is 2.26. The Morgan fingerprint density at radius 2 is 1.48 bits per heavy atom. The summed E-state index contributed by atoms with van der Waals surface area (Å²) in [6.45, 7) is 0. The lowest BCUT2D eigenvalue weighted by atomic mass is 10.0. The number of nitrogens with zero attached hydrogens (tertiary/aromatic N) is 1. The van der Waals surface area contributed by atoms with Gasteiger partial charge in [0.15, 0.2) is 0 Å². The van der Waals surface area contributed by atoms with Gasteiger partial charge in [0.1, 0.15) is 5.75 Å². The topological polar surface area (TPSA) is 91.2 Å². The number of imide groups is 1. The number of benzene rings is 3. The Labute approximate surface area is 168 Å². The van der Waals surface area contributed by atoms with Gasteiger partial charge >= 0.3 is 6.03 Å². The maximum absolute atomic E-state index is 12.5. The van der Waals surface area contributed by atoms with Gasteiger partial charge < -0.3 is 10.1 Å². The SMILES string of the molecule is CNC(=O)NC(=O)[C@@H](Oc1ccc(-c2ccc(C#N)cc2)cc1)c1ccccc1. The molecular formula is C23H19N3O3. The first-order valence-corrected chi connectivity index (χ1v) is 8.95. The van der Waals surface area contributed by atoms with E-state index in [1.807, 2.05) is 30.3 Å². The number of hydrogen-bond acceptors (Lipinski definition) is 4. The minimum Gasteiger partial charge on any atom is -0.476 e. The van der Waals surface area contributed by atoms with Gasteiger partial charge in [-0.15, -0.1) is 0 Å². The molecule has 0 bridgehead atoms. The fraction of sp³-hybridized carbons (Fsp3) is 0.0870. The lowest BCUT2D eigenvalue weighted by Gasteiger charge is -2.19. The zero-order valence-corrected chi connectivity index (χ0v) is 15.8. The molecule has 1 atom stereocenters. The molecule has 0 aliphatic heterocycles. The van der Waals surface area contributed by atoms with E-state index in [1.165, 1.54) is 7.05 Å². The van der Waals surface area contributed by atoms with Gasteiger partial charge in [0.2, 0.25) is 6.10 Å². The van der Waals surface area contributed by atoms with E-state index in [2.05, 4.69) is 16.7 Å². The van der Waals surface area contributed by atoms with Gasteiger partial charge in [0.25, 0.3) is 5.91 Å². The fourth-order valence-electron chi connectivity index (χ4n) is 2.74. The van der Waals surface area contributed by atoms with Crippen LogP contribution in [0, 0.1) is 11.3 Å². The summed E-state index contributed by atoms with van der Waals surface area (Å²) in [5, 5.41) is 13.5. The largest absolute Gasteiger partial charge is 0.476 e. The van der Waals surface area contributed by atoms with E-state index in [0.717, 1.165) is 11.1 Å². The second-order valence-electron chi connectivity index (χ2n) is 6.19. The standard InChI is InChI=1S/C23H19N3O3/c1-25-23(28)26-22(27)21(19-5-3-2-4-6-19)29-20-13-11-18(12-14-20)17-9-7-16(15-24)8-10-17/h2-14,21H,1H3,(H2,25,26,27,28)/t21-/m0/s1. The van der Waals surface area contributed by atoms with E-state index < -0.39 is 18.0 Å². The Morgan fingerprint density at radius 1 is 0.897 bits per heavy atom. The fourth-order valence-corrected chi connectivity index (χ4v) is 2.74. The summed E-state index contributed by atoms with van der Waals surface area (Å²) in [6, 6.07) is 25.0. The summed E-state index contributed by atoms with van der Waals surface area (Å²) < 4.78 is 5.90. The zero-order valence-electron chi connectivity index (χ0n) is 15.8. The van der Waals surface area contributed by atoms with E-state index in [0.29, 0.717) is 16.9 Å². The molecule has 0 unspecified atom stereocenters. The molecule has 0 aliphatic rings. The van der Waals surface area contributed by atoms with Crippen molar-refractivity contribution in [2.75, 3.05) is 7.05 Å². The van der Waals surface area contributed by atoms with Crippen molar-refractivity contribution in [2.45, 2.75) is 6.10 Å². The highest BCUT2D eigenvalue weighted by molar-refractivity contribution is 5.97. The molecule has 2 N–H and O–H groups in total. The molecule has 0 heterocycles. The lowest BCUT2D eigenvalue weighted by Crippen LogP contribution is -2.41. The van der Waals surface area contributed by atoms with Crippen LogP contribution in [0.4, 0.5) is 4.79 Å². The smallest absolute Gasteiger partial charge is 0.321 e. The first-order chi connectivity index (χ1) is 14.1. The highest BCUT2D eigenvalue weighted by atomic mass is 16.5. The number of nitriles is 1. The molecule has 0 aromatic heterocycles. The quantitative estimate of drug-likeness (QED) is 0.699. The summed E-state index contributed by atoms with van der Waals surface area (Å²) in [5.74, 6) is -0.0741. The van der Waals surface area contributed by atoms with Gasteiger partial charge in [0, 0.05) is 12.6 Å². The van der Waals surface area contributed by atoms with Crippen molar-refractivity contribution in [3.05, 3.63) is 90.0 Å². The molecular weight excluding hydrogens is 366 g/mol. The lowest BCUT2D eigenvalue weighted by molar-refractivity contribution is -0.127. The number of carbonyl (C=O) groups excluding carboxylic acids is 2. The van der Waals surface area contributed by atoms with Crippen LogP contribution < -0.4 is 15.4 Å². The normalized spacial score (nSPS) is 11.0. The van der Waals surface area contributed by atoms with Crippen LogP contribution in [0.15, 0.2) is 78.9 Å². The molecule has 0 radical (unpaired) electrons. The Hall–Kier alpha value is -4.11. The Balaban J connectivity index is 1.81. The molecule has 6 nitrogen and oxygen atoms in total. The number of carbonyl (C=O) groups is 2. The first-order valence-electron chi connectivity index (χ1n) is 8.95. The first kappa shape index (κ1) is 19.6.